The van der Waals surface area contributed by atoms with E-state index in [4.69, 9.17) is 28.3 Å². The number of hydrogen-bond acceptors (Lipinski definition) is 4. The summed E-state index contributed by atoms with van der Waals surface area (Å²) in [5.74, 6) is 12.4. The molecule has 0 spiro atoms. The standard InChI is InChI=1S/C15H18N2O.C5H4.C4H6.CH3.HN3.N2.Y/c1-7-8(2)10(4)13-11(9(7)3)5-6-12-14(13)15(18)17-16-12;1-3-5-4-2;1-3-4-2;;1-3-2;1-2;/h5-6H2,1-4H3,(H2,16,17,18);1H,2H3;1-2H3;1H3;1H;;/q;;;-1;;;. The second kappa shape index (κ2) is 21.6. The van der Waals surface area contributed by atoms with Gasteiger partial charge in [0.2, 0.25) is 0 Å². The van der Waals surface area contributed by atoms with E-state index in [1.54, 1.807) is 11.8 Å². The summed E-state index contributed by atoms with van der Waals surface area (Å²) in [5, 5.41) is 17.7. The van der Waals surface area contributed by atoms with E-state index in [0.717, 1.165) is 24.1 Å². The van der Waals surface area contributed by atoms with E-state index in [0.29, 0.717) is 0 Å². The molecule has 0 atom stereocenters. The minimum absolute atomic E-state index is 0. The number of aromatic nitrogens is 2. The Labute approximate surface area is 228 Å². The van der Waals surface area contributed by atoms with Crippen LogP contribution < -0.4 is 5.56 Å². The van der Waals surface area contributed by atoms with Crippen molar-refractivity contribution in [2.75, 3.05) is 0 Å². The normalized spacial score (nSPS) is 8.24. The van der Waals surface area contributed by atoms with Gasteiger partial charge in [-0.15, -0.1) is 23.8 Å². The van der Waals surface area contributed by atoms with Gasteiger partial charge in [-0.3, -0.25) is 9.89 Å². The molecule has 1 aliphatic carbocycles. The molecule has 8 nitrogen and oxygen atoms in total. The molecule has 0 unspecified atom stereocenters. The maximum atomic E-state index is 12.0. The van der Waals surface area contributed by atoms with Crippen LogP contribution in [0.5, 0.6) is 0 Å². The van der Waals surface area contributed by atoms with Gasteiger partial charge in [-0.2, -0.15) is 0 Å². The number of nitrogens with zero attached hydrogens (tertiary/aromatic N) is 4. The van der Waals surface area contributed by atoms with Crippen molar-refractivity contribution >= 4 is 0 Å². The van der Waals surface area contributed by atoms with E-state index in [1.165, 1.54) is 33.4 Å². The van der Waals surface area contributed by atoms with E-state index in [2.05, 4.69) is 67.5 Å². The number of H-pyrrole nitrogens is 2. The molecule has 0 bridgehead atoms. The van der Waals surface area contributed by atoms with Crippen molar-refractivity contribution in [1.82, 2.24) is 10.2 Å². The summed E-state index contributed by atoms with van der Waals surface area (Å²) >= 11 is 0. The van der Waals surface area contributed by atoms with Crippen molar-refractivity contribution in [3.8, 4) is 47.2 Å². The van der Waals surface area contributed by atoms with Crippen LogP contribution >= 0.6 is 0 Å². The maximum absolute atomic E-state index is 12.0. The molecule has 0 saturated heterocycles. The molecule has 1 aliphatic rings. The van der Waals surface area contributed by atoms with E-state index < -0.39 is 0 Å². The predicted molar refractivity (Wildman–Crippen MR) is 134 cm³/mol. The average Bonchev–Trinajstić information content (AvgIpc) is 3.19. The zero-order chi connectivity index (χ0) is 25.3. The Kier molecular flexibility index (Phi) is 24.1. The fourth-order valence-electron chi connectivity index (χ4n) is 3.21. The average molecular weight is 535 g/mol. The van der Waals surface area contributed by atoms with Gasteiger partial charge in [-0.25, -0.2) is 0 Å². The van der Waals surface area contributed by atoms with Gasteiger partial charge >= 0.3 is 0 Å². The third kappa shape index (κ3) is 10.6. The topological polar surface area (TPSA) is 156 Å². The number of rotatable bonds is 0. The smallest absolute Gasteiger partial charge is 0.272 e. The summed E-state index contributed by atoms with van der Waals surface area (Å²) in [4.78, 5) is 13.7. The summed E-state index contributed by atoms with van der Waals surface area (Å²) in [6.45, 7) is 14.0. The Bertz CT molecular complexity index is 1180. The van der Waals surface area contributed by atoms with Gasteiger partial charge in [-0.05, 0) is 117 Å². The molecule has 177 valence electrons. The van der Waals surface area contributed by atoms with Gasteiger partial charge in [0.25, 0.3) is 5.56 Å². The van der Waals surface area contributed by atoms with Crippen LogP contribution in [-0.2, 0) is 45.6 Å². The van der Waals surface area contributed by atoms with Crippen molar-refractivity contribution in [2.24, 2.45) is 0 Å². The Morgan fingerprint density at radius 3 is 1.76 bits per heavy atom. The van der Waals surface area contributed by atoms with E-state index in [1.807, 2.05) is 13.8 Å². The molecule has 1 radical (unpaired) electrons. The number of hydrogen-bond donors (Lipinski definition) is 3. The summed E-state index contributed by atoms with van der Waals surface area (Å²) in [5.41, 5.74) is 22.0. The Morgan fingerprint density at radius 1 is 0.912 bits per heavy atom. The number of benzene rings is 1. The summed E-state index contributed by atoms with van der Waals surface area (Å²) in [6, 6.07) is 0. The second-order valence-electron chi connectivity index (χ2n) is 6.41. The zero-order valence-electron chi connectivity index (χ0n) is 21.3. The quantitative estimate of drug-likeness (QED) is 0.0985. The molecule has 1 heterocycles. The number of aryl methyl sites for hydroxylation is 1. The molecular formula is C25H32N7OY-. The van der Waals surface area contributed by atoms with Crippen LogP contribution in [0.1, 0.15) is 54.3 Å². The molecule has 0 amide bonds. The molecule has 0 fully saturated rings. The Morgan fingerprint density at radius 2 is 1.38 bits per heavy atom. The molecule has 0 aliphatic heterocycles. The van der Waals surface area contributed by atoms with Crippen LogP contribution in [0, 0.1) is 87.5 Å². The van der Waals surface area contributed by atoms with Crippen molar-refractivity contribution in [3.05, 3.63) is 61.7 Å². The van der Waals surface area contributed by atoms with Crippen LogP contribution in [0.2, 0.25) is 0 Å². The van der Waals surface area contributed by atoms with E-state index >= 15 is 0 Å². The monoisotopic (exact) mass is 535 g/mol. The van der Waals surface area contributed by atoms with Crippen molar-refractivity contribution in [3.63, 3.8) is 0 Å². The molecule has 0 saturated carbocycles. The van der Waals surface area contributed by atoms with Crippen molar-refractivity contribution < 1.29 is 32.7 Å². The largest absolute Gasteiger partial charge is 0.358 e. The molecular weight excluding hydrogens is 503 g/mol. The summed E-state index contributed by atoms with van der Waals surface area (Å²) in [6.07, 6.45) is 6.65. The maximum Gasteiger partial charge on any atom is 0.272 e. The van der Waals surface area contributed by atoms with Gasteiger partial charge in [0, 0.05) is 49.2 Å². The van der Waals surface area contributed by atoms with Gasteiger partial charge in [-0.1, -0.05) is 5.92 Å². The van der Waals surface area contributed by atoms with Crippen molar-refractivity contribution in [1.29, 1.82) is 16.3 Å². The third-order valence-corrected chi connectivity index (χ3v) is 4.99. The number of fused-ring (bicyclic) bond motifs is 3. The van der Waals surface area contributed by atoms with Crippen LogP contribution in [0.3, 0.4) is 0 Å². The molecule has 2 aromatic rings. The zero-order valence-corrected chi connectivity index (χ0v) is 24.1. The van der Waals surface area contributed by atoms with Crippen LogP contribution in [-0.4, -0.2) is 10.2 Å². The molecule has 3 rings (SSSR count). The Hall–Kier alpha value is -3.26. The molecule has 1 aromatic heterocycles. The van der Waals surface area contributed by atoms with Gasteiger partial charge in [0.1, 0.15) is 0 Å². The third-order valence-electron chi connectivity index (χ3n) is 4.99. The first-order valence-corrected chi connectivity index (χ1v) is 9.57. The predicted octanol–water partition coefficient (Wildman–Crippen LogP) is 5.73. The van der Waals surface area contributed by atoms with E-state index in [-0.39, 0.29) is 45.7 Å². The summed E-state index contributed by atoms with van der Waals surface area (Å²) < 4.78 is 0. The SMILES string of the molecule is C#CC#CC.CC#CC.Cc1c(C)c(C)c2c(c1C)CCc1[nH][nH]c(=O)c1-2.N#N.[CH3-].[N-]=[N+]=N.[Y]. The minimum Gasteiger partial charge on any atom is -0.358 e. The van der Waals surface area contributed by atoms with Gasteiger partial charge < -0.3 is 12.5 Å². The van der Waals surface area contributed by atoms with Gasteiger partial charge in [0.05, 0.1) is 5.56 Å². The van der Waals surface area contributed by atoms with Crippen LogP contribution in [0.15, 0.2) is 4.79 Å². The fourth-order valence-corrected chi connectivity index (χ4v) is 3.21. The summed E-state index contributed by atoms with van der Waals surface area (Å²) in [7, 11) is 0. The molecule has 9 heteroatoms. The van der Waals surface area contributed by atoms with Gasteiger partial charge in [0.15, 0.2) is 0 Å². The van der Waals surface area contributed by atoms with E-state index in [9.17, 15) is 4.79 Å². The Balaban J connectivity index is -0.000000238. The molecule has 34 heavy (non-hydrogen) atoms. The first-order valence-electron chi connectivity index (χ1n) is 9.57. The molecule has 1 aromatic carbocycles. The second-order valence-corrected chi connectivity index (χ2v) is 6.41. The van der Waals surface area contributed by atoms with Crippen LogP contribution in [0.25, 0.3) is 21.6 Å². The van der Waals surface area contributed by atoms with Crippen LogP contribution in [0.4, 0.5) is 0 Å². The first-order chi connectivity index (χ1) is 15.3. The van der Waals surface area contributed by atoms with Crippen molar-refractivity contribution in [2.45, 2.75) is 61.3 Å². The minimum atomic E-state index is 0. The number of aromatic amines is 2. The number of nitrogens with one attached hydrogen (secondary N) is 3. The number of terminal acetylenes is 1. The fraction of sp³-hybridized carbons (Fsp3) is 0.360. The first kappa shape index (κ1) is 38.0. The molecule has 3 N–H and O–H groups in total.